The number of carbonyl (C=O) groups excluding carboxylic acids is 1. The molecule has 0 amide bonds. The zero-order chi connectivity index (χ0) is 13.0. The number of aryl methyl sites for hydroxylation is 1. The van der Waals surface area contributed by atoms with E-state index in [-0.39, 0.29) is 5.97 Å². The van der Waals surface area contributed by atoms with E-state index in [1.807, 2.05) is 10.6 Å². The third-order valence-corrected chi connectivity index (χ3v) is 2.57. The van der Waals surface area contributed by atoms with Gasteiger partial charge >= 0.3 is 5.97 Å². The molecule has 0 saturated carbocycles. The van der Waals surface area contributed by atoms with Gasteiger partial charge in [-0.2, -0.15) is 0 Å². The van der Waals surface area contributed by atoms with Crippen LogP contribution >= 0.6 is 0 Å². The van der Waals surface area contributed by atoms with E-state index in [0.29, 0.717) is 18.8 Å². The van der Waals surface area contributed by atoms with E-state index in [1.54, 1.807) is 19.4 Å². The maximum absolute atomic E-state index is 11.5. The summed E-state index contributed by atoms with van der Waals surface area (Å²) >= 11 is 0. The smallest absolute Gasteiger partial charge is 0.358 e. The van der Waals surface area contributed by atoms with Crippen molar-refractivity contribution in [3.63, 3.8) is 0 Å². The summed E-state index contributed by atoms with van der Waals surface area (Å²) in [5.74, 6) is -0.375. The minimum absolute atomic E-state index is 0.351. The highest BCUT2D eigenvalue weighted by atomic mass is 16.5. The van der Waals surface area contributed by atoms with Crippen molar-refractivity contribution in [1.29, 1.82) is 0 Å². The fourth-order valence-corrected chi connectivity index (χ4v) is 1.78. The molecular formula is C14H16N2O2. The molecule has 2 aromatic rings. The van der Waals surface area contributed by atoms with E-state index < -0.39 is 0 Å². The van der Waals surface area contributed by atoms with Gasteiger partial charge in [-0.05, 0) is 19.4 Å². The van der Waals surface area contributed by atoms with Gasteiger partial charge in [0.2, 0.25) is 0 Å². The van der Waals surface area contributed by atoms with Crippen LogP contribution in [0.3, 0.4) is 0 Å². The zero-order valence-electron chi connectivity index (χ0n) is 10.6. The highest BCUT2D eigenvalue weighted by Gasteiger charge is 2.09. The van der Waals surface area contributed by atoms with E-state index >= 15 is 0 Å². The third-order valence-electron chi connectivity index (χ3n) is 2.57. The fourth-order valence-electron chi connectivity index (χ4n) is 1.78. The lowest BCUT2D eigenvalue weighted by atomic mass is 10.1. The van der Waals surface area contributed by atoms with Crippen LogP contribution in [-0.2, 0) is 11.3 Å². The molecule has 1 aromatic carbocycles. The highest BCUT2D eigenvalue weighted by molar-refractivity contribution is 5.86. The van der Waals surface area contributed by atoms with E-state index in [4.69, 9.17) is 4.74 Å². The van der Waals surface area contributed by atoms with E-state index in [2.05, 4.69) is 30.1 Å². The van der Waals surface area contributed by atoms with Gasteiger partial charge in [-0.3, -0.25) is 0 Å². The normalized spacial score (nSPS) is 10.3. The maximum atomic E-state index is 11.5. The molecule has 4 heteroatoms. The van der Waals surface area contributed by atoms with Crippen LogP contribution in [0.2, 0.25) is 0 Å². The lowest BCUT2D eigenvalue weighted by Gasteiger charge is -2.03. The SMILES string of the molecule is CCOC(=O)c1cn(Cc2cccc(C)c2)cn1. The lowest BCUT2D eigenvalue weighted by molar-refractivity contribution is 0.0520. The molecule has 0 unspecified atom stereocenters. The van der Waals surface area contributed by atoms with Crippen LogP contribution < -0.4 is 0 Å². The Morgan fingerprint density at radius 3 is 3.00 bits per heavy atom. The number of aromatic nitrogens is 2. The number of ether oxygens (including phenoxy) is 1. The van der Waals surface area contributed by atoms with Crippen molar-refractivity contribution in [2.24, 2.45) is 0 Å². The Labute approximate surface area is 106 Å². The predicted octanol–water partition coefficient (Wildman–Crippen LogP) is 2.42. The van der Waals surface area contributed by atoms with Gasteiger partial charge in [-0.15, -0.1) is 0 Å². The molecule has 0 radical (unpaired) electrons. The summed E-state index contributed by atoms with van der Waals surface area (Å²) < 4.78 is 6.77. The molecule has 0 aliphatic rings. The van der Waals surface area contributed by atoms with Gasteiger partial charge in [0.1, 0.15) is 0 Å². The Balaban J connectivity index is 2.09. The molecule has 0 N–H and O–H groups in total. The molecule has 94 valence electrons. The number of rotatable bonds is 4. The number of carbonyl (C=O) groups is 1. The second-order valence-electron chi connectivity index (χ2n) is 4.14. The summed E-state index contributed by atoms with van der Waals surface area (Å²) in [7, 11) is 0. The van der Waals surface area contributed by atoms with E-state index in [1.165, 1.54) is 11.1 Å². The summed E-state index contributed by atoms with van der Waals surface area (Å²) in [5.41, 5.74) is 2.76. The Morgan fingerprint density at radius 2 is 2.28 bits per heavy atom. The highest BCUT2D eigenvalue weighted by Crippen LogP contribution is 2.07. The first-order chi connectivity index (χ1) is 8.69. The summed E-state index contributed by atoms with van der Waals surface area (Å²) in [6, 6.07) is 8.25. The predicted molar refractivity (Wildman–Crippen MR) is 68.5 cm³/mol. The van der Waals surface area contributed by atoms with Crippen LogP contribution in [0, 0.1) is 6.92 Å². The number of benzene rings is 1. The molecule has 1 heterocycles. The molecule has 0 aliphatic heterocycles. The quantitative estimate of drug-likeness (QED) is 0.776. The van der Waals surface area contributed by atoms with Gasteiger partial charge in [0.25, 0.3) is 0 Å². The minimum atomic E-state index is -0.375. The molecule has 4 nitrogen and oxygen atoms in total. The average molecular weight is 244 g/mol. The van der Waals surface area contributed by atoms with Crippen LogP contribution in [0.5, 0.6) is 0 Å². The van der Waals surface area contributed by atoms with Crippen molar-refractivity contribution >= 4 is 5.97 Å². The molecule has 0 saturated heterocycles. The Hall–Kier alpha value is -2.10. The first kappa shape index (κ1) is 12.4. The molecule has 18 heavy (non-hydrogen) atoms. The maximum Gasteiger partial charge on any atom is 0.358 e. The Morgan fingerprint density at radius 1 is 1.44 bits per heavy atom. The molecular weight excluding hydrogens is 228 g/mol. The van der Waals surface area contributed by atoms with Gasteiger partial charge in [0, 0.05) is 12.7 Å². The Bertz CT molecular complexity index is 546. The largest absolute Gasteiger partial charge is 0.461 e. The lowest BCUT2D eigenvalue weighted by Crippen LogP contribution is -2.05. The van der Waals surface area contributed by atoms with E-state index in [0.717, 1.165) is 0 Å². The monoisotopic (exact) mass is 244 g/mol. The van der Waals surface area contributed by atoms with Gasteiger partial charge in [-0.25, -0.2) is 9.78 Å². The van der Waals surface area contributed by atoms with Crippen LogP contribution in [0.4, 0.5) is 0 Å². The minimum Gasteiger partial charge on any atom is -0.461 e. The van der Waals surface area contributed by atoms with Crippen LogP contribution in [0.25, 0.3) is 0 Å². The van der Waals surface area contributed by atoms with Gasteiger partial charge in [0.05, 0.1) is 12.9 Å². The first-order valence-corrected chi connectivity index (χ1v) is 5.93. The van der Waals surface area contributed by atoms with Crippen LogP contribution in [-0.4, -0.2) is 22.1 Å². The first-order valence-electron chi connectivity index (χ1n) is 5.93. The average Bonchev–Trinajstić information content (AvgIpc) is 2.78. The van der Waals surface area contributed by atoms with Crippen molar-refractivity contribution in [3.05, 3.63) is 53.6 Å². The molecule has 0 atom stereocenters. The number of esters is 1. The molecule has 0 fully saturated rings. The summed E-state index contributed by atoms with van der Waals surface area (Å²) in [4.78, 5) is 15.5. The van der Waals surface area contributed by atoms with Crippen molar-refractivity contribution in [1.82, 2.24) is 9.55 Å². The van der Waals surface area contributed by atoms with Crippen molar-refractivity contribution in [2.45, 2.75) is 20.4 Å². The molecule has 0 aliphatic carbocycles. The second kappa shape index (κ2) is 5.49. The third kappa shape index (κ3) is 2.97. The van der Waals surface area contributed by atoms with Gasteiger partial charge in [0.15, 0.2) is 5.69 Å². The second-order valence-corrected chi connectivity index (χ2v) is 4.14. The Kier molecular flexibility index (Phi) is 3.77. The zero-order valence-corrected chi connectivity index (χ0v) is 10.6. The summed E-state index contributed by atoms with van der Waals surface area (Å²) in [6.07, 6.45) is 3.36. The molecule has 2 rings (SSSR count). The van der Waals surface area contributed by atoms with Crippen molar-refractivity contribution in [3.8, 4) is 0 Å². The summed E-state index contributed by atoms with van der Waals surface area (Å²) in [6.45, 7) is 4.90. The van der Waals surface area contributed by atoms with Gasteiger partial charge in [-0.1, -0.05) is 29.8 Å². The van der Waals surface area contributed by atoms with Crippen molar-refractivity contribution < 1.29 is 9.53 Å². The number of hydrogen-bond donors (Lipinski definition) is 0. The number of hydrogen-bond acceptors (Lipinski definition) is 3. The van der Waals surface area contributed by atoms with E-state index in [9.17, 15) is 4.79 Å². The molecule has 0 spiro atoms. The summed E-state index contributed by atoms with van der Waals surface area (Å²) in [5, 5.41) is 0. The van der Waals surface area contributed by atoms with Gasteiger partial charge < -0.3 is 9.30 Å². The fraction of sp³-hybridized carbons (Fsp3) is 0.286. The number of nitrogens with zero attached hydrogens (tertiary/aromatic N) is 2. The van der Waals surface area contributed by atoms with Crippen LogP contribution in [0.15, 0.2) is 36.8 Å². The molecule has 1 aromatic heterocycles. The van der Waals surface area contributed by atoms with Crippen molar-refractivity contribution in [2.75, 3.05) is 6.61 Å². The molecule has 0 bridgehead atoms. The topological polar surface area (TPSA) is 44.1 Å². The standard InChI is InChI=1S/C14H16N2O2/c1-3-18-14(17)13-9-16(10-15-13)8-12-6-4-5-11(2)7-12/h4-7,9-10H,3,8H2,1-2H3. The van der Waals surface area contributed by atoms with Crippen LogP contribution in [0.1, 0.15) is 28.5 Å². The number of imidazole rings is 1.